The van der Waals surface area contributed by atoms with Gasteiger partial charge < -0.3 is 15.5 Å². The Morgan fingerprint density at radius 2 is 1.77 bits per heavy atom. The Hall–Kier alpha value is -2.24. The fourth-order valence-electron chi connectivity index (χ4n) is 2.18. The lowest BCUT2D eigenvalue weighted by Gasteiger charge is -2.18. The molecule has 2 rings (SSSR count). The third kappa shape index (κ3) is 4.38. The zero-order chi connectivity index (χ0) is 15.9. The van der Waals surface area contributed by atoms with Crippen molar-refractivity contribution in [2.75, 3.05) is 6.61 Å². The monoisotopic (exact) mass is 303 g/mol. The van der Waals surface area contributed by atoms with Gasteiger partial charge in [-0.15, -0.1) is 0 Å². The lowest BCUT2D eigenvalue weighted by molar-refractivity contribution is -0.124. The number of rotatable bonds is 6. The quantitative estimate of drug-likeness (QED) is 0.765. The van der Waals surface area contributed by atoms with Gasteiger partial charge in [-0.25, -0.2) is 4.39 Å². The van der Waals surface area contributed by atoms with Crippen molar-refractivity contribution < 1.29 is 19.4 Å². The van der Waals surface area contributed by atoms with Crippen molar-refractivity contribution >= 4 is 5.91 Å². The fraction of sp³-hybridized carbons (Fsp3) is 0.235. The summed E-state index contributed by atoms with van der Waals surface area (Å²) in [5, 5.41) is 22.0. The van der Waals surface area contributed by atoms with Crippen LogP contribution in [0.4, 0.5) is 4.39 Å². The standard InChI is InChI=1S/C17H18FNO3/c18-14-8-4-7-13(9-14)16(21)10-17(22)19-15(11-20)12-5-2-1-3-6-12/h1-9,15-16,20-21H,10-11H2,(H,19,22). The topological polar surface area (TPSA) is 69.6 Å². The van der Waals surface area contributed by atoms with E-state index in [4.69, 9.17) is 0 Å². The first-order valence-electron chi connectivity index (χ1n) is 6.99. The van der Waals surface area contributed by atoms with E-state index in [2.05, 4.69) is 5.32 Å². The van der Waals surface area contributed by atoms with Crippen LogP contribution in [-0.2, 0) is 4.79 Å². The van der Waals surface area contributed by atoms with E-state index < -0.39 is 23.9 Å². The number of hydrogen-bond donors (Lipinski definition) is 3. The van der Waals surface area contributed by atoms with Gasteiger partial charge in [0.25, 0.3) is 0 Å². The van der Waals surface area contributed by atoms with E-state index in [-0.39, 0.29) is 13.0 Å². The Morgan fingerprint density at radius 1 is 1.09 bits per heavy atom. The molecule has 0 saturated heterocycles. The van der Waals surface area contributed by atoms with Gasteiger partial charge in [-0.1, -0.05) is 42.5 Å². The summed E-state index contributed by atoms with van der Waals surface area (Å²) in [6.07, 6.45) is -1.29. The Bertz CT molecular complexity index is 618. The molecule has 0 aliphatic carbocycles. The molecule has 2 atom stereocenters. The highest BCUT2D eigenvalue weighted by atomic mass is 19.1. The molecule has 0 saturated carbocycles. The van der Waals surface area contributed by atoms with Gasteiger partial charge >= 0.3 is 0 Å². The third-order valence-corrected chi connectivity index (χ3v) is 3.33. The van der Waals surface area contributed by atoms with E-state index in [0.29, 0.717) is 5.56 Å². The van der Waals surface area contributed by atoms with Crippen LogP contribution in [0.5, 0.6) is 0 Å². The number of amides is 1. The SMILES string of the molecule is O=C(CC(O)c1cccc(F)c1)NC(CO)c1ccccc1. The number of aliphatic hydroxyl groups is 2. The summed E-state index contributed by atoms with van der Waals surface area (Å²) in [4.78, 5) is 12.0. The summed E-state index contributed by atoms with van der Waals surface area (Å²) in [6, 6.07) is 14.0. The Kier molecular flexibility index (Phi) is 5.63. The van der Waals surface area contributed by atoms with Gasteiger partial charge in [0.15, 0.2) is 0 Å². The van der Waals surface area contributed by atoms with Crippen molar-refractivity contribution in [2.24, 2.45) is 0 Å². The maximum atomic E-state index is 13.1. The van der Waals surface area contributed by atoms with Gasteiger partial charge in [-0.2, -0.15) is 0 Å². The highest BCUT2D eigenvalue weighted by molar-refractivity contribution is 5.77. The third-order valence-electron chi connectivity index (χ3n) is 3.33. The zero-order valence-corrected chi connectivity index (χ0v) is 11.9. The maximum absolute atomic E-state index is 13.1. The van der Waals surface area contributed by atoms with E-state index in [9.17, 15) is 19.4 Å². The second kappa shape index (κ2) is 7.68. The largest absolute Gasteiger partial charge is 0.394 e. The predicted octanol–water partition coefficient (Wildman–Crippen LogP) is 2.10. The molecule has 0 radical (unpaired) electrons. The van der Waals surface area contributed by atoms with Crippen LogP contribution in [0.15, 0.2) is 54.6 Å². The molecule has 0 aliphatic heterocycles. The van der Waals surface area contributed by atoms with E-state index in [1.807, 2.05) is 18.2 Å². The number of benzene rings is 2. The number of nitrogens with one attached hydrogen (secondary N) is 1. The van der Waals surface area contributed by atoms with Gasteiger partial charge in [-0.05, 0) is 23.3 Å². The van der Waals surface area contributed by atoms with Gasteiger partial charge in [0.1, 0.15) is 5.82 Å². The average molecular weight is 303 g/mol. The van der Waals surface area contributed by atoms with Crippen LogP contribution >= 0.6 is 0 Å². The van der Waals surface area contributed by atoms with Crippen molar-refractivity contribution in [1.29, 1.82) is 0 Å². The van der Waals surface area contributed by atoms with E-state index >= 15 is 0 Å². The molecule has 2 aromatic carbocycles. The molecule has 3 N–H and O–H groups in total. The number of carbonyl (C=O) groups excluding carboxylic acids is 1. The normalized spacial score (nSPS) is 13.4. The van der Waals surface area contributed by atoms with Crippen molar-refractivity contribution in [3.63, 3.8) is 0 Å². The molecule has 0 aliphatic rings. The molecule has 0 bridgehead atoms. The summed E-state index contributed by atoms with van der Waals surface area (Å²) in [5.74, 6) is -0.880. The van der Waals surface area contributed by atoms with Crippen molar-refractivity contribution in [1.82, 2.24) is 5.32 Å². The molecule has 116 valence electrons. The van der Waals surface area contributed by atoms with Gasteiger partial charge in [0.2, 0.25) is 5.91 Å². The summed E-state index contributed by atoms with van der Waals surface area (Å²) in [5.41, 5.74) is 1.12. The van der Waals surface area contributed by atoms with Gasteiger partial charge in [0.05, 0.1) is 25.2 Å². The lowest BCUT2D eigenvalue weighted by Crippen LogP contribution is -2.31. The second-order valence-electron chi connectivity index (χ2n) is 4.99. The molecule has 4 nitrogen and oxygen atoms in total. The number of aliphatic hydroxyl groups excluding tert-OH is 2. The van der Waals surface area contributed by atoms with Crippen LogP contribution in [0.25, 0.3) is 0 Å². The van der Waals surface area contributed by atoms with Gasteiger partial charge in [-0.3, -0.25) is 4.79 Å². The highest BCUT2D eigenvalue weighted by Crippen LogP contribution is 2.18. The lowest BCUT2D eigenvalue weighted by atomic mass is 10.0. The van der Waals surface area contributed by atoms with Crippen LogP contribution in [0.2, 0.25) is 0 Å². The molecule has 2 aromatic rings. The number of carbonyl (C=O) groups is 1. The molecule has 2 unspecified atom stereocenters. The Morgan fingerprint density at radius 3 is 2.41 bits per heavy atom. The summed E-state index contributed by atoms with van der Waals surface area (Å²) < 4.78 is 13.1. The minimum absolute atomic E-state index is 0.202. The van der Waals surface area contributed by atoms with Crippen molar-refractivity contribution in [3.8, 4) is 0 Å². The molecular weight excluding hydrogens is 285 g/mol. The van der Waals surface area contributed by atoms with E-state index in [1.54, 1.807) is 18.2 Å². The maximum Gasteiger partial charge on any atom is 0.223 e. The summed E-state index contributed by atoms with van der Waals surface area (Å²) >= 11 is 0. The molecule has 0 spiro atoms. The molecule has 1 amide bonds. The van der Waals surface area contributed by atoms with E-state index in [0.717, 1.165) is 5.56 Å². The minimum Gasteiger partial charge on any atom is -0.394 e. The Balaban J connectivity index is 1.97. The predicted molar refractivity (Wildman–Crippen MR) is 80.4 cm³/mol. The molecule has 0 heterocycles. The minimum atomic E-state index is -1.09. The summed E-state index contributed by atoms with van der Waals surface area (Å²) in [6.45, 7) is -0.244. The van der Waals surface area contributed by atoms with Crippen LogP contribution in [0.1, 0.15) is 29.7 Å². The average Bonchev–Trinajstić information content (AvgIpc) is 2.53. The first kappa shape index (κ1) is 16.1. The van der Waals surface area contributed by atoms with E-state index in [1.165, 1.54) is 18.2 Å². The molecular formula is C17H18FNO3. The van der Waals surface area contributed by atoms with Crippen molar-refractivity contribution in [2.45, 2.75) is 18.6 Å². The molecule has 5 heteroatoms. The van der Waals surface area contributed by atoms with Crippen LogP contribution < -0.4 is 5.32 Å². The molecule has 0 aromatic heterocycles. The first-order valence-corrected chi connectivity index (χ1v) is 6.99. The Labute approximate surface area is 128 Å². The highest BCUT2D eigenvalue weighted by Gasteiger charge is 2.17. The number of hydrogen-bond acceptors (Lipinski definition) is 3. The fourth-order valence-corrected chi connectivity index (χ4v) is 2.18. The second-order valence-corrected chi connectivity index (χ2v) is 4.99. The first-order chi connectivity index (χ1) is 10.6. The molecule has 22 heavy (non-hydrogen) atoms. The molecule has 0 fully saturated rings. The smallest absolute Gasteiger partial charge is 0.223 e. The zero-order valence-electron chi connectivity index (χ0n) is 11.9. The van der Waals surface area contributed by atoms with Crippen LogP contribution in [-0.4, -0.2) is 22.7 Å². The number of halogens is 1. The van der Waals surface area contributed by atoms with Crippen molar-refractivity contribution in [3.05, 3.63) is 71.5 Å². The van der Waals surface area contributed by atoms with Crippen LogP contribution in [0.3, 0.4) is 0 Å². The van der Waals surface area contributed by atoms with Crippen LogP contribution in [0, 0.1) is 5.82 Å². The van der Waals surface area contributed by atoms with Gasteiger partial charge in [0, 0.05) is 0 Å². The summed E-state index contributed by atoms with van der Waals surface area (Å²) in [7, 11) is 0.